The predicted molar refractivity (Wildman–Crippen MR) is 71.2 cm³/mol. The first-order valence-corrected chi connectivity index (χ1v) is 7.30. The summed E-state index contributed by atoms with van der Waals surface area (Å²) in [5.41, 5.74) is 0. The van der Waals surface area contributed by atoms with E-state index >= 15 is 0 Å². The summed E-state index contributed by atoms with van der Waals surface area (Å²) in [5.74, 6) is 1.66. The van der Waals surface area contributed by atoms with Crippen LogP contribution in [0.4, 0.5) is 0 Å². The molecule has 2 saturated heterocycles. The minimum atomic E-state index is 0.619. The van der Waals surface area contributed by atoms with E-state index in [4.69, 9.17) is 4.74 Å². The lowest BCUT2D eigenvalue weighted by molar-refractivity contribution is 0.132. The zero-order chi connectivity index (χ0) is 12.1. The number of ether oxygens (including phenoxy) is 1. The molecule has 1 N–H and O–H groups in total. The van der Waals surface area contributed by atoms with Crippen LogP contribution in [0.1, 0.15) is 32.6 Å². The minimum absolute atomic E-state index is 0.619. The molecule has 3 unspecified atom stereocenters. The van der Waals surface area contributed by atoms with Gasteiger partial charge in [0.25, 0.3) is 0 Å². The van der Waals surface area contributed by atoms with E-state index in [1.807, 2.05) is 0 Å². The molecule has 2 aliphatic heterocycles. The third kappa shape index (κ3) is 3.67. The smallest absolute Gasteiger partial charge is 0.0510 e. The second-order valence-corrected chi connectivity index (χ2v) is 5.69. The van der Waals surface area contributed by atoms with Crippen LogP contribution in [-0.4, -0.2) is 50.8 Å². The van der Waals surface area contributed by atoms with Crippen LogP contribution in [0, 0.1) is 11.8 Å². The summed E-state index contributed by atoms with van der Waals surface area (Å²) in [4.78, 5) is 2.66. The SMILES string of the molecule is CCC1CCCN(CC(NC)C2CCOC2)C1. The van der Waals surface area contributed by atoms with Crippen LogP contribution < -0.4 is 5.32 Å². The molecule has 0 radical (unpaired) electrons. The van der Waals surface area contributed by atoms with Crippen molar-refractivity contribution in [3.63, 3.8) is 0 Å². The van der Waals surface area contributed by atoms with Gasteiger partial charge in [-0.25, -0.2) is 0 Å². The summed E-state index contributed by atoms with van der Waals surface area (Å²) >= 11 is 0. The lowest BCUT2D eigenvalue weighted by atomic mass is 9.93. The van der Waals surface area contributed by atoms with E-state index in [0.29, 0.717) is 6.04 Å². The monoisotopic (exact) mass is 240 g/mol. The fraction of sp³-hybridized carbons (Fsp3) is 1.00. The molecule has 2 heterocycles. The fourth-order valence-corrected chi connectivity index (χ4v) is 3.27. The molecule has 3 nitrogen and oxygen atoms in total. The summed E-state index contributed by atoms with van der Waals surface area (Å²) in [6.45, 7) is 8.05. The number of likely N-dealkylation sites (N-methyl/N-ethyl adjacent to an activating group) is 1. The van der Waals surface area contributed by atoms with Crippen LogP contribution >= 0.6 is 0 Å². The van der Waals surface area contributed by atoms with Gasteiger partial charge >= 0.3 is 0 Å². The molecule has 2 rings (SSSR count). The van der Waals surface area contributed by atoms with E-state index in [0.717, 1.165) is 25.0 Å². The first kappa shape index (κ1) is 13.3. The predicted octanol–water partition coefficient (Wildman–Crippen LogP) is 1.73. The van der Waals surface area contributed by atoms with Gasteiger partial charge in [0.1, 0.15) is 0 Å². The van der Waals surface area contributed by atoms with E-state index in [1.54, 1.807) is 0 Å². The molecule has 0 aromatic rings. The van der Waals surface area contributed by atoms with Gasteiger partial charge in [-0.05, 0) is 38.8 Å². The van der Waals surface area contributed by atoms with E-state index in [2.05, 4.69) is 24.2 Å². The van der Waals surface area contributed by atoms with E-state index in [-0.39, 0.29) is 0 Å². The van der Waals surface area contributed by atoms with Crippen LogP contribution in [0.15, 0.2) is 0 Å². The van der Waals surface area contributed by atoms with Gasteiger partial charge in [0.2, 0.25) is 0 Å². The van der Waals surface area contributed by atoms with Crippen LogP contribution in [0.2, 0.25) is 0 Å². The molecular weight excluding hydrogens is 212 g/mol. The second-order valence-electron chi connectivity index (χ2n) is 5.69. The number of piperidine rings is 1. The van der Waals surface area contributed by atoms with Crippen molar-refractivity contribution < 1.29 is 4.74 Å². The molecule has 0 aromatic heterocycles. The van der Waals surface area contributed by atoms with E-state index < -0.39 is 0 Å². The average Bonchev–Trinajstić information content (AvgIpc) is 2.90. The van der Waals surface area contributed by atoms with Crippen molar-refractivity contribution in [1.29, 1.82) is 0 Å². The van der Waals surface area contributed by atoms with Crippen molar-refractivity contribution in [3.8, 4) is 0 Å². The Hall–Kier alpha value is -0.120. The molecule has 0 bridgehead atoms. The molecule has 0 amide bonds. The Morgan fingerprint density at radius 2 is 2.29 bits per heavy atom. The van der Waals surface area contributed by atoms with Gasteiger partial charge in [0, 0.05) is 31.7 Å². The van der Waals surface area contributed by atoms with Crippen molar-refractivity contribution in [2.45, 2.75) is 38.6 Å². The molecule has 100 valence electrons. The zero-order valence-electron chi connectivity index (χ0n) is 11.5. The van der Waals surface area contributed by atoms with Gasteiger partial charge in [-0.1, -0.05) is 13.3 Å². The van der Waals surface area contributed by atoms with Gasteiger partial charge in [-0.15, -0.1) is 0 Å². The maximum absolute atomic E-state index is 5.51. The Bertz CT molecular complexity index is 216. The largest absolute Gasteiger partial charge is 0.381 e. The van der Waals surface area contributed by atoms with Crippen molar-refractivity contribution >= 4 is 0 Å². The number of nitrogens with one attached hydrogen (secondary N) is 1. The lowest BCUT2D eigenvalue weighted by Crippen LogP contribution is -2.47. The fourth-order valence-electron chi connectivity index (χ4n) is 3.27. The summed E-state index contributed by atoms with van der Waals surface area (Å²) < 4.78 is 5.51. The summed E-state index contributed by atoms with van der Waals surface area (Å²) in [7, 11) is 2.10. The van der Waals surface area contributed by atoms with Gasteiger partial charge in [-0.3, -0.25) is 0 Å². The summed E-state index contributed by atoms with van der Waals surface area (Å²) in [6, 6.07) is 0.619. The van der Waals surface area contributed by atoms with E-state index in [9.17, 15) is 0 Å². The van der Waals surface area contributed by atoms with Crippen molar-refractivity contribution in [2.75, 3.05) is 39.9 Å². The highest BCUT2D eigenvalue weighted by Crippen LogP contribution is 2.22. The molecule has 0 spiro atoms. The number of rotatable bonds is 5. The Morgan fingerprint density at radius 3 is 2.94 bits per heavy atom. The highest BCUT2D eigenvalue weighted by molar-refractivity contribution is 4.83. The van der Waals surface area contributed by atoms with Gasteiger partial charge in [0.05, 0.1) is 6.61 Å². The van der Waals surface area contributed by atoms with Gasteiger partial charge in [0.15, 0.2) is 0 Å². The molecule has 2 aliphatic rings. The van der Waals surface area contributed by atoms with E-state index in [1.165, 1.54) is 45.3 Å². The number of hydrogen-bond acceptors (Lipinski definition) is 3. The third-order valence-electron chi connectivity index (χ3n) is 4.54. The molecule has 3 heteroatoms. The van der Waals surface area contributed by atoms with Crippen LogP contribution in [0.5, 0.6) is 0 Å². The first-order chi connectivity index (χ1) is 8.33. The Labute approximate surface area is 106 Å². The quantitative estimate of drug-likeness (QED) is 0.792. The summed E-state index contributed by atoms with van der Waals surface area (Å²) in [6.07, 6.45) is 5.39. The Kier molecular flexibility index (Phi) is 5.26. The van der Waals surface area contributed by atoms with Crippen molar-refractivity contribution in [1.82, 2.24) is 10.2 Å². The van der Waals surface area contributed by atoms with Crippen molar-refractivity contribution in [3.05, 3.63) is 0 Å². The van der Waals surface area contributed by atoms with Gasteiger partial charge in [-0.2, -0.15) is 0 Å². The zero-order valence-corrected chi connectivity index (χ0v) is 11.5. The molecular formula is C14H28N2O. The Balaban J connectivity index is 1.80. The number of hydrogen-bond donors (Lipinski definition) is 1. The number of likely N-dealkylation sites (tertiary alicyclic amines) is 1. The second kappa shape index (κ2) is 6.72. The lowest BCUT2D eigenvalue weighted by Gasteiger charge is -2.36. The number of nitrogens with zero attached hydrogens (tertiary/aromatic N) is 1. The topological polar surface area (TPSA) is 24.5 Å². The molecule has 0 aliphatic carbocycles. The van der Waals surface area contributed by atoms with Crippen molar-refractivity contribution in [2.24, 2.45) is 11.8 Å². The molecule has 0 aromatic carbocycles. The molecule has 17 heavy (non-hydrogen) atoms. The summed E-state index contributed by atoms with van der Waals surface area (Å²) in [5, 5.41) is 3.50. The third-order valence-corrected chi connectivity index (χ3v) is 4.54. The average molecular weight is 240 g/mol. The maximum Gasteiger partial charge on any atom is 0.0510 e. The van der Waals surface area contributed by atoms with Crippen LogP contribution in [-0.2, 0) is 4.74 Å². The Morgan fingerprint density at radius 1 is 1.41 bits per heavy atom. The first-order valence-electron chi connectivity index (χ1n) is 7.30. The van der Waals surface area contributed by atoms with Crippen LogP contribution in [0.3, 0.4) is 0 Å². The highest BCUT2D eigenvalue weighted by atomic mass is 16.5. The van der Waals surface area contributed by atoms with Crippen LogP contribution in [0.25, 0.3) is 0 Å². The normalized spacial score (nSPS) is 32.8. The standard InChI is InChI=1S/C14H28N2O/c1-3-12-5-4-7-16(9-12)10-14(15-2)13-6-8-17-11-13/h12-15H,3-11H2,1-2H3. The highest BCUT2D eigenvalue weighted by Gasteiger charge is 2.28. The maximum atomic E-state index is 5.51. The molecule has 0 saturated carbocycles. The molecule has 2 fully saturated rings. The minimum Gasteiger partial charge on any atom is -0.381 e. The van der Waals surface area contributed by atoms with Gasteiger partial charge < -0.3 is 15.0 Å². The molecule has 3 atom stereocenters.